The molecule has 0 radical (unpaired) electrons. The number of amides is 1. The number of fused-ring (bicyclic) bond motifs is 5. The zero-order valence-electron chi connectivity index (χ0n) is 10.7. The van der Waals surface area contributed by atoms with Crippen molar-refractivity contribution in [1.29, 1.82) is 0 Å². The van der Waals surface area contributed by atoms with Gasteiger partial charge in [-0.1, -0.05) is 22.9 Å². The van der Waals surface area contributed by atoms with E-state index >= 15 is 0 Å². The summed E-state index contributed by atoms with van der Waals surface area (Å²) in [6, 6.07) is 0. The first-order chi connectivity index (χ1) is 8.09. The van der Waals surface area contributed by atoms with Gasteiger partial charge in [0, 0.05) is 16.8 Å². The third-order valence-corrected chi connectivity index (χ3v) is 6.78. The van der Waals surface area contributed by atoms with Crippen LogP contribution in [0.15, 0.2) is 0 Å². The zero-order chi connectivity index (χ0) is 12.2. The fourth-order valence-electron chi connectivity index (χ4n) is 4.27. The lowest BCUT2D eigenvalue weighted by atomic mass is 9.98. The maximum absolute atomic E-state index is 12.3. The second-order valence-electron chi connectivity index (χ2n) is 6.55. The highest BCUT2D eigenvalue weighted by molar-refractivity contribution is 9.09. The average molecular weight is 300 g/mol. The number of hydrogen-bond donors (Lipinski definition) is 1. The Morgan fingerprint density at radius 1 is 1.35 bits per heavy atom. The summed E-state index contributed by atoms with van der Waals surface area (Å²) in [4.78, 5) is 12.3. The summed E-state index contributed by atoms with van der Waals surface area (Å²) in [5, 5.41) is 4.11. The molecule has 3 aliphatic rings. The van der Waals surface area contributed by atoms with Gasteiger partial charge in [-0.05, 0) is 56.3 Å². The molecule has 3 aliphatic carbocycles. The molecule has 5 atom stereocenters. The number of carbonyl (C=O) groups excluding carboxylic acids is 1. The molecule has 0 aromatic rings. The van der Waals surface area contributed by atoms with Crippen molar-refractivity contribution in [2.24, 2.45) is 29.6 Å². The predicted octanol–water partition coefficient (Wildman–Crippen LogP) is 2.96. The van der Waals surface area contributed by atoms with Crippen molar-refractivity contribution in [3.05, 3.63) is 0 Å². The highest BCUT2D eigenvalue weighted by Gasteiger charge is 2.67. The molecule has 3 rings (SSSR count). The Bertz CT molecular complexity index is 323. The highest BCUT2D eigenvalue weighted by atomic mass is 79.9. The highest BCUT2D eigenvalue weighted by Crippen LogP contribution is 2.69. The standard InChI is InChI=1S/C14H22BrNO/c1-3-14(2,7-15)16-13(17)12-10-8-4-5-9(6-8)11(10)12/h8-12H,3-7H2,1-2H3,(H,16,17). The topological polar surface area (TPSA) is 29.1 Å². The van der Waals surface area contributed by atoms with Crippen molar-refractivity contribution in [1.82, 2.24) is 5.32 Å². The van der Waals surface area contributed by atoms with Gasteiger partial charge in [0.15, 0.2) is 0 Å². The Kier molecular flexibility index (Phi) is 2.81. The first kappa shape index (κ1) is 12.0. The molecular formula is C14H22BrNO. The van der Waals surface area contributed by atoms with Gasteiger partial charge in [-0.15, -0.1) is 0 Å². The minimum atomic E-state index is -0.0625. The zero-order valence-corrected chi connectivity index (χ0v) is 12.3. The minimum absolute atomic E-state index is 0.0625. The normalized spacial score (nSPS) is 45.2. The van der Waals surface area contributed by atoms with E-state index in [9.17, 15) is 4.79 Å². The van der Waals surface area contributed by atoms with Crippen LogP contribution in [-0.2, 0) is 4.79 Å². The number of alkyl halides is 1. The molecule has 96 valence electrons. The van der Waals surface area contributed by atoms with E-state index in [1.807, 2.05) is 0 Å². The van der Waals surface area contributed by atoms with Gasteiger partial charge < -0.3 is 5.32 Å². The second kappa shape index (κ2) is 3.97. The van der Waals surface area contributed by atoms with Crippen LogP contribution in [0.25, 0.3) is 0 Å². The molecule has 0 aromatic heterocycles. The number of halogens is 1. The van der Waals surface area contributed by atoms with Crippen molar-refractivity contribution >= 4 is 21.8 Å². The van der Waals surface area contributed by atoms with Gasteiger partial charge >= 0.3 is 0 Å². The van der Waals surface area contributed by atoms with Crippen LogP contribution >= 0.6 is 15.9 Å². The van der Waals surface area contributed by atoms with E-state index < -0.39 is 0 Å². The van der Waals surface area contributed by atoms with Crippen LogP contribution in [0.5, 0.6) is 0 Å². The summed E-state index contributed by atoms with van der Waals surface area (Å²) in [5.41, 5.74) is -0.0625. The maximum atomic E-state index is 12.3. The van der Waals surface area contributed by atoms with E-state index in [1.165, 1.54) is 19.3 Å². The Morgan fingerprint density at radius 2 is 1.94 bits per heavy atom. The van der Waals surface area contributed by atoms with Gasteiger partial charge in [0.2, 0.25) is 5.91 Å². The van der Waals surface area contributed by atoms with Gasteiger partial charge in [0.05, 0.1) is 0 Å². The molecule has 0 heterocycles. The summed E-state index contributed by atoms with van der Waals surface area (Å²) in [5.74, 6) is 3.98. The molecular weight excluding hydrogens is 278 g/mol. The largest absolute Gasteiger partial charge is 0.350 e. The molecule has 1 N–H and O–H groups in total. The molecule has 0 aliphatic heterocycles. The first-order valence-electron chi connectivity index (χ1n) is 6.97. The lowest BCUT2D eigenvalue weighted by molar-refractivity contribution is -0.124. The minimum Gasteiger partial charge on any atom is -0.350 e. The average Bonchev–Trinajstić information content (AvgIpc) is 2.79. The van der Waals surface area contributed by atoms with Crippen molar-refractivity contribution in [3.8, 4) is 0 Å². The van der Waals surface area contributed by atoms with Gasteiger partial charge in [0.25, 0.3) is 0 Å². The Labute approximate surface area is 112 Å². The van der Waals surface area contributed by atoms with Crippen LogP contribution in [0, 0.1) is 29.6 Å². The van der Waals surface area contributed by atoms with Gasteiger partial charge in [-0.25, -0.2) is 0 Å². The second-order valence-corrected chi connectivity index (χ2v) is 7.11. The van der Waals surface area contributed by atoms with Crippen LogP contribution in [0.2, 0.25) is 0 Å². The van der Waals surface area contributed by atoms with Crippen LogP contribution in [0.1, 0.15) is 39.5 Å². The summed E-state index contributed by atoms with van der Waals surface area (Å²) in [6.45, 7) is 4.27. The van der Waals surface area contributed by atoms with Gasteiger partial charge in [-0.3, -0.25) is 4.79 Å². The monoisotopic (exact) mass is 299 g/mol. The maximum Gasteiger partial charge on any atom is 0.224 e. The van der Waals surface area contributed by atoms with Crippen molar-refractivity contribution in [2.75, 3.05) is 5.33 Å². The fourth-order valence-corrected chi connectivity index (χ4v) is 4.81. The molecule has 1 amide bonds. The third-order valence-electron chi connectivity index (χ3n) is 5.54. The van der Waals surface area contributed by atoms with Crippen molar-refractivity contribution < 1.29 is 4.79 Å². The first-order valence-corrected chi connectivity index (χ1v) is 8.10. The Morgan fingerprint density at radius 3 is 2.41 bits per heavy atom. The smallest absolute Gasteiger partial charge is 0.224 e. The van der Waals surface area contributed by atoms with Crippen LogP contribution in [0.3, 0.4) is 0 Å². The SMILES string of the molecule is CCC(C)(CBr)NC(=O)C1C2C3CCC(C3)C12. The molecule has 3 fully saturated rings. The van der Waals surface area contributed by atoms with Crippen LogP contribution in [0.4, 0.5) is 0 Å². The lowest BCUT2D eigenvalue weighted by Crippen LogP contribution is -2.48. The molecule has 17 heavy (non-hydrogen) atoms. The van der Waals surface area contributed by atoms with Crippen molar-refractivity contribution in [3.63, 3.8) is 0 Å². The van der Waals surface area contributed by atoms with Gasteiger partial charge in [-0.2, -0.15) is 0 Å². The number of carbonyl (C=O) groups is 1. The number of rotatable bonds is 4. The molecule has 5 unspecified atom stereocenters. The fraction of sp³-hybridized carbons (Fsp3) is 0.929. The van der Waals surface area contributed by atoms with Crippen molar-refractivity contribution in [2.45, 2.75) is 45.1 Å². The van der Waals surface area contributed by atoms with Crippen LogP contribution < -0.4 is 5.32 Å². The molecule has 0 saturated heterocycles. The third kappa shape index (κ3) is 1.76. The number of hydrogen-bond acceptors (Lipinski definition) is 1. The molecule has 0 spiro atoms. The molecule has 2 bridgehead atoms. The van der Waals surface area contributed by atoms with E-state index in [2.05, 4.69) is 35.1 Å². The lowest BCUT2D eigenvalue weighted by Gasteiger charge is -2.28. The summed E-state index contributed by atoms with van der Waals surface area (Å²) >= 11 is 3.51. The molecule has 3 heteroatoms. The van der Waals surface area contributed by atoms with E-state index in [-0.39, 0.29) is 5.54 Å². The van der Waals surface area contributed by atoms with Gasteiger partial charge in [0.1, 0.15) is 0 Å². The van der Waals surface area contributed by atoms with E-state index in [1.54, 1.807) is 0 Å². The number of nitrogens with one attached hydrogen (secondary N) is 1. The summed E-state index contributed by atoms with van der Waals surface area (Å²) in [7, 11) is 0. The summed E-state index contributed by atoms with van der Waals surface area (Å²) < 4.78 is 0. The molecule has 3 saturated carbocycles. The molecule has 2 nitrogen and oxygen atoms in total. The summed E-state index contributed by atoms with van der Waals surface area (Å²) in [6.07, 6.45) is 5.18. The predicted molar refractivity (Wildman–Crippen MR) is 71.9 cm³/mol. The molecule has 0 aromatic carbocycles. The van der Waals surface area contributed by atoms with E-state index in [0.29, 0.717) is 11.8 Å². The quantitative estimate of drug-likeness (QED) is 0.795. The Hall–Kier alpha value is -0.0500. The Balaban J connectivity index is 1.62. The van der Waals surface area contributed by atoms with E-state index in [0.717, 1.165) is 35.4 Å². The van der Waals surface area contributed by atoms with E-state index in [4.69, 9.17) is 0 Å². The van der Waals surface area contributed by atoms with Crippen LogP contribution in [-0.4, -0.2) is 16.8 Å².